The third kappa shape index (κ3) is 4.30. The Kier molecular flexibility index (Phi) is 4.90. The van der Waals surface area contributed by atoms with Gasteiger partial charge in [0.05, 0.1) is 0 Å². The predicted molar refractivity (Wildman–Crippen MR) is 95.4 cm³/mol. The van der Waals surface area contributed by atoms with Crippen LogP contribution in [0, 0.1) is 18.2 Å². The number of aromatic amines is 1. The van der Waals surface area contributed by atoms with Gasteiger partial charge in [0.25, 0.3) is 0 Å². The molecule has 7 heteroatoms. The second kappa shape index (κ2) is 7.27. The number of rotatable bonds is 4. The lowest BCUT2D eigenvalue weighted by atomic mass is 10.0. The topological polar surface area (TPSA) is 74.7 Å². The SMILES string of the molecule is Cc1cccc(-c2cc(F)ccc2OC(=N)/C=C\c2n[nH]c(Cl)n2)c1. The molecule has 0 atom stereocenters. The Morgan fingerprint density at radius 1 is 1.28 bits per heavy atom. The maximum atomic E-state index is 13.7. The van der Waals surface area contributed by atoms with Crippen molar-refractivity contribution in [3.63, 3.8) is 0 Å². The van der Waals surface area contributed by atoms with Gasteiger partial charge in [-0.2, -0.15) is 10.1 Å². The predicted octanol–water partition coefficient (Wildman–Crippen LogP) is 4.64. The van der Waals surface area contributed by atoms with Crippen LogP contribution in [-0.4, -0.2) is 21.1 Å². The minimum Gasteiger partial charge on any atom is -0.439 e. The minimum absolute atomic E-state index is 0.138. The summed E-state index contributed by atoms with van der Waals surface area (Å²) in [4.78, 5) is 3.89. The van der Waals surface area contributed by atoms with Crippen LogP contribution in [0.2, 0.25) is 5.28 Å². The van der Waals surface area contributed by atoms with Gasteiger partial charge in [-0.25, -0.2) is 9.49 Å². The summed E-state index contributed by atoms with van der Waals surface area (Å²) in [5.74, 6) is 0.203. The van der Waals surface area contributed by atoms with Crippen molar-refractivity contribution in [3.05, 3.63) is 71.0 Å². The highest BCUT2D eigenvalue weighted by molar-refractivity contribution is 6.28. The van der Waals surface area contributed by atoms with Gasteiger partial charge in [-0.1, -0.05) is 29.8 Å². The smallest absolute Gasteiger partial charge is 0.218 e. The third-order valence-corrected chi connectivity index (χ3v) is 3.52. The monoisotopic (exact) mass is 356 g/mol. The number of aromatic nitrogens is 3. The molecule has 1 aromatic heterocycles. The van der Waals surface area contributed by atoms with E-state index in [-0.39, 0.29) is 17.0 Å². The summed E-state index contributed by atoms with van der Waals surface area (Å²) in [5, 5.41) is 14.4. The number of halogens is 2. The first-order chi connectivity index (χ1) is 12.0. The van der Waals surface area contributed by atoms with Gasteiger partial charge >= 0.3 is 0 Å². The maximum absolute atomic E-state index is 13.7. The van der Waals surface area contributed by atoms with Crippen molar-refractivity contribution in [2.24, 2.45) is 0 Å². The summed E-state index contributed by atoms with van der Waals surface area (Å²) < 4.78 is 19.2. The lowest BCUT2D eigenvalue weighted by Gasteiger charge is -2.11. The molecule has 0 fully saturated rings. The summed E-state index contributed by atoms with van der Waals surface area (Å²) in [6.45, 7) is 1.95. The van der Waals surface area contributed by atoms with Crippen LogP contribution < -0.4 is 4.74 Å². The van der Waals surface area contributed by atoms with Crippen LogP contribution in [0.15, 0.2) is 48.5 Å². The molecule has 0 aliphatic rings. The molecule has 0 unspecified atom stereocenters. The van der Waals surface area contributed by atoms with E-state index in [1.807, 2.05) is 31.2 Å². The second-order valence-corrected chi connectivity index (χ2v) is 5.65. The number of aryl methyl sites for hydroxylation is 1. The maximum Gasteiger partial charge on any atom is 0.218 e. The lowest BCUT2D eigenvalue weighted by molar-refractivity contribution is 0.548. The normalized spacial score (nSPS) is 11.0. The first-order valence-corrected chi connectivity index (χ1v) is 7.78. The van der Waals surface area contributed by atoms with Gasteiger partial charge in [-0.3, -0.25) is 5.41 Å². The molecule has 0 aliphatic carbocycles. The van der Waals surface area contributed by atoms with Crippen molar-refractivity contribution in [2.45, 2.75) is 6.92 Å². The standard InChI is InChI=1S/C18H14ClFN4O/c1-11-3-2-4-12(9-11)14-10-13(20)5-6-15(14)25-16(21)7-8-17-22-18(19)24-23-17/h2-10,21H,1H3,(H,22,23,24)/b8-7-,21-16?. The van der Waals surface area contributed by atoms with Gasteiger partial charge in [-0.15, -0.1) is 0 Å². The van der Waals surface area contributed by atoms with Gasteiger partial charge < -0.3 is 4.74 Å². The number of nitrogens with one attached hydrogen (secondary N) is 2. The van der Waals surface area contributed by atoms with Gasteiger partial charge in [-0.05, 0) is 48.4 Å². The minimum atomic E-state index is -0.374. The first-order valence-electron chi connectivity index (χ1n) is 7.40. The molecule has 25 heavy (non-hydrogen) atoms. The van der Waals surface area contributed by atoms with E-state index in [1.54, 1.807) is 0 Å². The van der Waals surface area contributed by atoms with Gasteiger partial charge in [0, 0.05) is 11.6 Å². The molecular weight excluding hydrogens is 343 g/mol. The van der Waals surface area contributed by atoms with Gasteiger partial charge in [0.15, 0.2) is 5.82 Å². The number of H-pyrrole nitrogens is 1. The molecule has 0 aliphatic heterocycles. The number of hydrogen-bond acceptors (Lipinski definition) is 4. The molecular formula is C18H14ClFN4O. The molecule has 0 bridgehead atoms. The van der Waals surface area contributed by atoms with Crippen LogP contribution in [0.5, 0.6) is 5.75 Å². The van der Waals surface area contributed by atoms with E-state index in [0.29, 0.717) is 17.1 Å². The molecule has 3 aromatic rings. The lowest BCUT2D eigenvalue weighted by Crippen LogP contribution is -2.04. The van der Waals surface area contributed by atoms with E-state index in [9.17, 15) is 4.39 Å². The van der Waals surface area contributed by atoms with Crippen LogP contribution in [0.1, 0.15) is 11.4 Å². The zero-order valence-corrected chi connectivity index (χ0v) is 14.0. The number of benzene rings is 2. The average Bonchev–Trinajstić information content (AvgIpc) is 3.00. The molecule has 2 aromatic carbocycles. The number of hydrogen-bond donors (Lipinski definition) is 2. The van der Waals surface area contributed by atoms with E-state index >= 15 is 0 Å². The molecule has 126 valence electrons. The highest BCUT2D eigenvalue weighted by atomic mass is 35.5. The molecule has 2 N–H and O–H groups in total. The van der Waals surface area contributed by atoms with Crippen LogP contribution in [0.4, 0.5) is 4.39 Å². The van der Waals surface area contributed by atoms with Crippen molar-refractivity contribution in [1.29, 1.82) is 5.41 Å². The molecule has 0 spiro atoms. The first kappa shape index (κ1) is 16.9. The Hall–Kier alpha value is -2.99. The fraction of sp³-hybridized carbons (Fsp3) is 0.0556. The second-order valence-electron chi connectivity index (χ2n) is 5.29. The van der Waals surface area contributed by atoms with E-state index in [1.165, 1.54) is 30.4 Å². The van der Waals surface area contributed by atoms with Crippen LogP contribution >= 0.6 is 11.6 Å². The van der Waals surface area contributed by atoms with E-state index < -0.39 is 0 Å². The molecule has 0 saturated carbocycles. The molecule has 0 amide bonds. The Balaban J connectivity index is 1.85. The quantitative estimate of drug-likeness (QED) is 0.528. The van der Waals surface area contributed by atoms with E-state index in [0.717, 1.165) is 11.1 Å². The van der Waals surface area contributed by atoms with Crippen molar-refractivity contribution in [1.82, 2.24) is 15.2 Å². The summed E-state index contributed by atoms with van der Waals surface area (Å²) >= 11 is 5.64. The largest absolute Gasteiger partial charge is 0.439 e. The Labute approximate surface area is 148 Å². The Bertz CT molecular complexity index is 952. The molecule has 0 saturated heterocycles. The zero-order valence-electron chi connectivity index (χ0n) is 13.3. The van der Waals surface area contributed by atoms with Crippen molar-refractivity contribution in [2.75, 3.05) is 0 Å². The van der Waals surface area contributed by atoms with Crippen LogP contribution in [0.3, 0.4) is 0 Å². The Morgan fingerprint density at radius 3 is 2.84 bits per heavy atom. The summed E-state index contributed by atoms with van der Waals surface area (Å²) in [5.41, 5.74) is 2.43. The molecule has 1 heterocycles. The average molecular weight is 357 g/mol. The molecule has 5 nitrogen and oxygen atoms in total. The van der Waals surface area contributed by atoms with Crippen molar-refractivity contribution < 1.29 is 9.13 Å². The third-order valence-electron chi connectivity index (χ3n) is 3.35. The zero-order chi connectivity index (χ0) is 17.8. The fourth-order valence-corrected chi connectivity index (χ4v) is 2.39. The summed E-state index contributed by atoms with van der Waals surface area (Å²) in [6, 6.07) is 11.8. The highest BCUT2D eigenvalue weighted by Gasteiger charge is 2.10. The fourth-order valence-electron chi connectivity index (χ4n) is 2.26. The Morgan fingerprint density at radius 2 is 2.12 bits per heavy atom. The van der Waals surface area contributed by atoms with Crippen molar-refractivity contribution >= 4 is 23.6 Å². The van der Waals surface area contributed by atoms with Crippen molar-refractivity contribution in [3.8, 4) is 16.9 Å². The van der Waals surface area contributed by atoms with Crippen LogP contribution in [0.25, 0.3) is 17.2 Å². The van der Waals surface area contributed by atoms with E-state index in [4.69, 9.17) is 21.7 Å². The highest BCUT2D eigenvalue weighted by Crippen LogP contribution is 2.31. The summed E-state index contributed by atoms with van der Waals surface area (Å²) in [6.07, 6.45) is 2.88. The molecule has 0 radical (unpaired) electrons. The number of ether oxygens (including phenoxy) is 1. The van der Waals surface area contributed by atoms with Gasteiger partial charge in [0.1, 0.15) is 11.6 Å². The van der Waals surface area contributed by atoms with E-state index in [2.05, 4.69) is 15.2 Å². The molecule has 3 rings (SSSR count). The van der Waals surface area contributed by atoms with Crippen LogP contribution in [-0.2, 0) is 0 Å². The van der Waals surface area contributed by atoms with Gasteiger partial charge in [0.2, 0.25) is 11.2 Å². The summed E-state index contributed by atoms with van der Waals surface area (Å²) in [7, 11) is 0. The number of nitrogens with zero attached hydrogens (tertiary/aromatic N) is 2.